The molecule has 23 heavy (non-hydrogen) atoms. The van der Waals surface area contributed by atoms with Gasteiger partial charge in [0, 0.05) is 31.4 Å². The summed E-state index contributed by atoms with van der Waals surface area (Å²) in [4.78, 5) is 12.4. The Balaban J connectivity index is 2.11. The minimum atomic E-state index is -0.873. The Kier molecular flexibility index (Phi) is 5.68. The molecule has 0 atom stereocenters. The Labute approximate surface area is 136 Å². The molecule has 0 spiro atoms. The molecule has 7 heteroatoms. The molecule has 2 rings (SSSR count). The normalized spacial score (nSPS) is 16.5. The molecule has 1 saturated heterocycles. The predicted octanol–water partition coefficient (Wildman–Crippen LogP) is 0.836. The summed E-state index contributed by atoms with van der Waals surface area (Å²) >= 11 is 0. The number of ether oxygens (including phenoxy) is 4. The molecule has 3 N–H and O–H groups in total. The Morgan fingerprint density at radius 1 is 1.13 bits per heavy atom. The maximum atomic E-state index is 12.4. The third-order valence-corrected chi connectivity index (χ3v) is 4.06. The number of benzene rings is 1. The quantitative estimate of drug-likeness (QED) is 0.805. The lowest BCUT2D eigenvalue weighted by Gasteiger charge is -2.31. The van der Waals surface area contributed by atoms with Crippen molar-refractivity contribution in [2.75, 3.05) is 34.5 Å². The van der Waals surface area contributed by atoms with Crippen molar-refractivity contribution in [2.24, 2.45) is 5.73 Å². The second kappa shape index (κ2) is 7.52. The Bertz CT molecular complexity index is 556. The van der Waals surface area contributed by atoms with E-state index in [2.05, 4.69) is 5.32 Å². The van der Waals surface area contributed by atoms with E-state index in [1.54, 1.807) is 33.5 Å². The molecule has 0 radical (unpaired) electrons. The Hall–Kier alpha value is -1.99. The topological polar surface area (TPSA) is 92.0 Å². The maximum Gasteiger partial charge on any atom is 0.240 e. The van der Waals surface area contributed by atoms with Gasteiger partial charge in [0.15, 0.2) is 11.5 Å². The molecule has 0 unspecified atom stereocenters. The molecule has 1 amide bonds. The standard InChI is InChI=1S/C16H24N2O5/c1-20-12-9-14(22-3)13(21-2)8-11(12)10-18-15(19)16(17)4-6-23-7-5-16/h8-9H,4-7,10,17H2,1-3H3,(H,18,19). The first kappa shape index (κ1) is 17.4. The van der Waals surface area contributed by atoms with Crippen molar-refractivity contribution in [3.63, 3.8) is 0 Å². The van der Waals surface area contributed by atoms with E-state index in [0.717, 1.165) is 5.56 Å². The van der Waals surface area contributed by atoms with E-state index in [1.165, 1.54) is 0 Å². The van der Waals surface area contributed by atoms with Crippen molar-refractivity contribution in [1.82, 2.24) is 5.32 Å². The second-order valence-corrected chi connectivity index (χ2v) is 5.47. The summed E-state index contributed by atoms with van der Waals surface area (Å²) in [5, 5.41) is 2.88. The fraction of sp³-hybridized carbons (Fsp3) is 0.562. The summed E-state index contributed by atoms with van der Waals surface area (Å²) in [6.07, 6.45) is 1.03. The summed E-state index contributed by atoms with van der Waals surface area (Å²) in [6.45, 7) is 1.30. The zero-order valence-electron chi connectivity index (χ0n) is 13.8. The van der Waals surface area contributed by atoms with Gasteiger partial charge in [-0.15, -0.1) is 0 Å². The maximum absolute atomic E-state index is 12.4. The van der Waals surface area contributed by atoms with Crippen LogP contribution in [0.4, 0.5) is 0 Å². The third-order valence-electron chi connectivity index (χ3n) is 4.06. The van der Waals surface area contributed by atoms with Crippen LogP contribution in [0.5, 0.6) is 17.2 Å². The van der Waals surface area contributed by atoms with Gasteiger partial charge in [0.05, 0.1) is 26.9 Å². The highest BCUT2D eigenvalue weighted by molar-refractivity contribution is 5.86. The number of methoxy groups -OCH3 is 3. The minimum Gasteiger partial charge on any atom is -0.496 e. The van der Waals surface area contributed by atoms with Gasteiger partial charge in [0.25, 0.3) is 0 Å². The summed E-state index contributed by atoms with van der Waals surface area (Å²) in [5.74, 6) is 1.57. The van der Waals surface area contributed by atoms with Crippen LogP contribution in [0.15, 0.2) is 12.1 Å². The lowest BCUT2D eigenvalue weighted by atomic mass is 9.90. The number of carbonyl (C=O) groups excluding carboxylic acids is 1. The van der Waals surface area contributed by atoms with Gasteiger partial charge in [0.1, 0.15) is 5.75 Å². The number of amides is 1. The fourth-order valence-electron chi connectivity index (χ4n) is 2.54. The van der Waals surface area contributed by atoms with Gasteiger partial charge >= 0.3 is 0 Å². The van der Waals surface area contributed by atoms with E-state index in [9.17, 15) is 4.79 Å². The van der Waals surface area contributed by atoms with E-state index in [-0.39, 0.29) is 5.91 Å². The van der Waals surface area contributed by atoms with Gasteiger partial charge in [0.2, 0.25) is 5.91 Å². The molecule has 1 aromatic carbocycles. The van der Waals surface area contributed by atoms with Crippen LogP contribution in [-0.4, -0.2) is 46.0 Å². The van der Waals surface area contributed by atoms with Crippen molar-refractivity contribution in [3.8, 4) is 17.2 Å². The van der Waals surface area contributed by atoms with Crippen molar-refractivity contribution in [3.05, 3.63) is 17.7 Å². The highest BCUT2D eigenvalue weighted by Crippen LogP contribution is 2.34. The Morgan fingerprint density at radius 3 is 2.26 bits per heavy atom. The van der Waals surface area contributed by atoms with Crippen LogP contribution in [0, 0.1) is 0 Å². The van der Waals surface area contributed by atoms with Gasteiger partial charge in [-0.3, -0.25) is 4.79 Å². The van der Waals surface area contributed by atoms with E-state index >= 15 is 0 Å². The van der Waals surface area contributed by atoms with Crippen molar-refractivity contribution < 1.29 is 23.7 Å². The van der Waals surface area contributed by atoms with Crippen LogP contribution < -0.4 is 25.3 Å². The first-order chi connectivity index (χ1) is 11.0. The van der Waals surface area contributed by atoms with Gasteiger partial charge in [-0.25, -0.2) is 0 Å². The van der Waals surface area contributed by atoms with Crippen LogP contribution in [-0.2, 0) is 16.1 Å². The number of carbonyl (C=O) groups is 1. The molecular formula is C16H24N2O5. The zero-order valence-corrected chi connectivity index (χ0v) is 13.8. The molecule has 7 nitrogen and oxygen atoms in total. The molecule has 128 valence electrons. The predicted molar refractivity (Wildman–Crippen MR) is 84.9 cm³/mol. The fourth-order valence-corrected chi connectivity index (χ4v) is 2.54. The first-order valence-electron chi connectivity index (χ1n) is 7.48. The molecule has 0 saturated carbocycles. The zero-order chi connectivity index (χ0) is 16.9. The molecule has 1 fully saturated rings. The molecule has 1 aliphatic heterocycles. The molecule has 1 heterocycles. The van der Waals surface area contributed by atoms with Crippen molar-refractivity contribution in [2.45, 2.75) is 24.9 Å². The number of rotatable bonds is 6. The molecule has 0 bridgehead atoms. The second-order valence-electron chi connectivity index (χ2n) is 5.47. The smallest absolute Gasteiger partial charge is 0.240 e. The third kappa shape index (κ3) is 3.86. The summed E-state index contributed by atoms with van der Waals surface area (Å²) < 4.78 is 21.1. The minimum absolute atomic E-state index is 0.183. The highest BCUT2D eigenvalue weighted by atomic mass is 16.5. The van der Waals surface area contributed by atoms with Crippen molar-refractivity contribution >= 4 is 5.91 Å². The number of nitrogens with two attached hydrogens (primary N) is 1. The monoisotopic (exact) mass is 324 g/mol. The molecule has 0 aliphatic carbocycles. The van der Waals surface area contributed by atoms with E-state index in [1.807, 2.05) is 0 Å². The molecule has 1 aromatic rings. The van der Waals surface area contributed by atoms with Crippen LogP contribution in [0.3, 0.4) is 0 Å². The number of hydrogen-bond acceptors (Lipinski definition) is 6. The SMILES string of the molecule is COc1cc(OC)c(OC)cc1CNC(=O)C1(N)CCOCC1. The average molecular weight is 324 g/mol. The van der Waals surface area contributed by atoms with E-state index < -0.39 is 5.54 Å². The first-order valence-corrected chi connectivity index (χ1v) is 7.48. The summed E-state index contributed by atoms with van der Waals surface area (Å²) in [6, 6.07) is 3.51. The van der Waals surface area contributed by atoms with Crippen molar-refractivity contribution in [1.29, 1.82) is 0 Å². The number of hydrogen-bond donors (Lipinski definition) is 2. The van der Waals surface area contributed by atoms with E-state index in [4.69, 9.17) is 24.7 Å². The van der Waals surface area contributed by atoms with Crippen LogP contribution in [0.2, 0.25) is 0 Å². The van der Waals surface area contributed by atoms with Gasteiger partial charge < -0.3 is 30.0 Å². The van der Waals surface area contributed by atoms with Gasteiger partial charge in [-0.05, 0) is 18.9 Å². The molecule has 1 aliphatic rings. The number of nitrogens with one attached hydrogen (secondary N) is 1. The summed E-state index contributed by atoms with van der Waals surface area (Å²) in [5.41, 5.74) is 6.08. The van der Waals surface area contributed by atoms with E-state index in [0.29, 0.717) is 49.8 Å². The van der Waals surface area contributed by atoms with Crippen LogP contribution >= 0.6 is 0 Å². The lowest BCUT2D eigenvalue weighted by Crippen LogP contribution is -2.56. The van der Waals surface area contributed by atoms with Crippen LogP contribution in [0.25, 0.3) is 0 Å². The van der Waals surface area contributed by atoms with Gasteiger partial charge in [-0.1, -0.05) is 0 Å². The largest absolute Gasteiger partial charge is 0.496 e. The van der Waals surface area contributed by atoms with Crippen LogP contribution in [0.1, 0.15) is 18.4 Å². The lowest BCUT2D eigenvalue weighted by molar-refractivity contribution is -0.129. The molecular weight excluding hydrogens is 300 g/mol. The van der Waals surface area contributed by atoms with Gasteiger partial charge in [-0.2, -0.15) is 0 Å². The summed E-state index contributed by atoms with van der Waals surface area (Å²) in [7, 11) is 4.68. The highest BCUT2D eigenvalue weighted by Gasteiger charge is 2.35. The Morgan fingerprint density at radius 2 is 1.70 bits per heavy atom. The molecule has 0 aromatic heterocycles. The average Bonchev–Trinajstić information content (AvgIpc) is 2.59.